The van der Waals surface area contributed by atoms with Crippen LogP contribution in [0.15, 0.2) is 62.6 Å². The van der Waals surface area contributed by atoms with Crippen molar-refractivity contribution in [3.05, 3.63) is 75.2 Å². The van der Waals surface area contributed by atoms with E-state index in [4.69, 9.17) is 23.5 Å². The monoisotopic (exact) mass is 548 g/mol. The van der Waals surface area contributed by atoms with Crippen molar-refractivity contribution in [1.82, 2.24) is 29.2 Å². The lowest BCUT2D eigenvalue weighted by molar-refractivity contribution is 0.0374. The second kappa shape index (κ2) is 11.2. The minimum absolute atomic E-state index is 0.0993. The molecule has 0 saturated heterocycles. The largest absolute Gasteiger partial charge is 0.497 e. The maximum absolute atomic E-state index is 13.2. The van der Waals surface area contributed by atoms with Crippen molar-refractivity contribution in [1.29, 1.82) is 0 Å². The van der Waals surface area contributed by atoms with Gasteiger partial charge in [-0.1, -0.05) is 5.16 Å². The molecule has 0 fully saturated rings. The molecule has 0 amide bonds. The first-order valence-corrected chi connectivity index (χ1v) is 12.4. The highest BCUT2D eigenvalue weighted by molar-refractivity contribution is 5.75. The third kappa shape index (κ3) is 4.99. The number of rotatable bonds is 10. The van der Waals surface area contributed by atoms with Crippen molar-refractivity contribution < 1.29 is 23.5 Å². The van der Waals surface area contributed by atoms with Crippen LogP contribution in [0.25, 0.3) is 34.0 Å². The van der Waals surface area contributed by atoms with Gasteiger partial charge in [-0.05, 0) is 62.4 Å². The number of aromatic amines is 1. The molecule has 5 rings (SSSR count). The van der Waals surface area contributed by atoms with E-state index >= 15 is 0 Å². The van der Waals surface area contributed by atoms with Crippen molar-refractivity contribution in [3.8, 4) is 34.3 Å². The molecule has 13 nitrogen and oxygen atoms in total. The summed E-state index contributed by atoms with van der Waals surface area (Å²) in [6, 6.07) is 14.4. The van der Waals surface area contributed by atoms with E-state index in [1.807, 2.05) is 24.3 Å². The van der Waals surface area contributed by atoms with Crippen LogP contribution in [0.5, 0.6) is 11.5 Å². The number of H-pyrrole nitrogens is 1. The molecule has 2 atom stereocenters. The Morgan fingerprint density at radius 2 is 1.48 bits per heavy atom. The Bertz CT molecular complexity index is 1730. The van der Waals surface area contributed by atoms with Gasteiger partial charge in [0.25, 0.3) is 11.4 Å². The number of imidazole rings is 1. The summed E-state index contributed by atoms with van der Waals surface area (Å²) in [5.41, 5.74) is 0.668. The lowest BCUT2D eigenvalue weighted by Gasteiger charge is -2.18. The molecule has 0 spiro atoms. The predicted octanol–water partition coefficient (Wildman–Crippen LogP) is 3.52. The van der Waals surface area contributed by atoms with E-state index < -0.39 is 23.7 Å². The van der Waals surface area contributed by atoms with Gasteiger partial charge >= 0.3 is 5.69 Å². The van der Waals surface area contributed by atoms with E-state index in [0.29, 0.717) is 28.9 Å². The Labute approximate surface area is 227 Å². The number of hydrogen-bond acceptors (Lipinski definition) is 10. The van der Waals surface area contributed by atoms with Crippen molar-refractivity contribution in [2.45, 2.75) is 32.9 Å². The molecule has 13 heteroatoms. The SMILES string of the molecule is COc1ccc(-c2nc(COc3ccc(-c4nc5c([nH]4)c(=O)n(C(C)OC)c(=O)n5C(C)OC)cc3)no2)cc1. The molecule has 0 aliphatic rings. The topological polar surface area (TPSA) is 149 Å². The van der Waals surface area contributed by atoms with Gasteiger partial charge in [0.2, 0.25) is 5.82 Å². The fraction of sp³-hybridized carbons (Fsp3) is 0.296. The first-order chi connectivity index (χ1) is 19.3. The van der Waals surface area contributed by atoms with Crippen LogP contribution in [-0.4, -0.2) is 50.6 Å². The van der Waals surface area contributed by atoms with E-state index in [9.17, 15) is 9.59 Å². The minimum atomic E-state index is -0.783. The van der Waals surface area contributed by atoms with E-state index in [1.165, 1.54) is 18.8 Å². The summed E-state index contributed by atoms with van der Waals surface area (Å²) in [6.45, 7) is 3.40. The van der Waals surface area contributed by atoms with Gasteiger partial charge in [-0.25, -0.2) is 18.9 Å². The van der Waals surface area contributed by atoms with Crippen molar-refractivity contribution >= 4 is 11.2 Å². The van der Waals surface area contributed by atoms with Crippen LogP contribution in [0.3, 0.4) is 0 Å². The second-order valence-electron chi connectivity index (χ2n) is 8.84. The number of ether oxygens (including phenoxy) is 4. The third-order valence-corrected chi connectivity index (χ3v) is 6.47. The zero-order valence-corrected chi connectivity index (χ0v) is 22.6. The Morgan fingerprint density at radius 1 is 0.850 bits per heavy atom. The third-order valence-electron chi connectivity index (χ3n) is 6.47. The van der Waals surface area contributed by atoms with E-state index in [0.717, 1.165) is 15.9 Å². The summed E-state index contributed by atoms with van der Waals surface area (Å²) in [4.78, 5) is 38.3. The van der Waals surface area contributed by atoms with E-state index in [-0.39, 0.29) is 17.8 Å². The smallest absolute Gasteiger partial charge is 0.337 e. The summed E-state index contributed by atoms with van der Waals surface area (Å²) in [6.07, 6.45) is -1.46. The maximum Gasteiger partial charge on any atom is 0.337 e. The molecule has 2 unspecified atom stereocenters. The summed E-state index contributed by atoms with van der Waals surface area (Å²) in [5, 5.41) is 3.97. The summed E-state index contributed by atoms with van der Waals surface area (Å²) < 4.78 is 29.3. The maximum atomic E-state index is 13.2. The van der Waals surface area contributed by atoms with Crippen LogP contribution < -0.4 is 20.7 Å². The predicted molar refractivity (Wildman–Crippen MR) is 144 cm³/mol. The van der Waals surface area contributed by atoms with Gasteiger partial charge in [0, 0.05) is 25.3 Å². The highest BCUT2D eigenvalue weighted by Crippen LogP contribution is 2.24. The Hall–Kier alpha value is -4.75. The number of nitrogens with one attached hydrogen (secondary N) is 1. The molecular weight excluding hydrogens is 520 g/mol. The molecule has 0 radical (unpaired) electrons. The van der Waals surface area contributed by atoms with Crippen LogP contribution in [0, 0.1) is 0 Å². The molecule has 5 aromatic rings. The second-order valence-corrected chi connectivity index (χ2v) is 8.84. The van der Waals surface area contributed by atoms with Gasteiger partial charge in [-0.3, -0.25) is 4.79 Å². The van der Waals surface area contributed by atoms with Gasteiger partial charge in [-0.15, -0.1) is 0 Å². The zero-order valence-electron chi connectivity index (χ0n) is 22.6. The Balaban J connectivity index is 1.37. The average Bonchev–Trinajstić information content (AvgIpc) is 3.64. The van der Waals surface area contributed by atoms with Crippen molar-refractivity contribution in [3.63, 3.8) is 0 Å². The molecule has 0 aliphatic carbocycles. The normalized spacial score (nSPS) is 12.9. The highest BCUT2D eigenvalue weighted by Gasteiger charge is 2.23. The van der Waals surface area contributed by atoms with Crippen LogP contribution in [0.2, 0.25) is 0 Å². The first-order valence-electron chi connectivity index (χ1n) is 12.4. The molecule has 208 valence electrons. The molecule has 3 heterocycles. The Morgan fingerprint density at radius 3 is 2.12 bits per heavy atom. The molecular formula is C27H28N6O7. The number of benzene rings is 2. The summed E-state index contributed by atoms with van der Waals surface area (Å²) in [7, 11) is 4.49. The number of fused-ring (bicyclic) bond motifs is 1. The number of hydrogen-bond donors (Lipinski definition) is 1. The molecule has 40 heavy (non-hydrogen) atoms. The molecule has 3 aromatic heterocycles. The zero-order chi connectivity index (χ0) is 28.4. The minimum Gasteiger partial charge on any atom is -0.497 e. The lowest BCUT2D eigenvalue weighted by Crippen LogP contribution is -2.43. The van der Waals surface area contributed by atoms with Gasteiger partial charge < -0.3 is 28.5 Å². The lowest BCUT2D eigenvalue weighted by atomic mass is 10.2. The van der Waals surface area contributed by atoms with E-state index in [1.54, 1.807) is 45.2 Å². The standard InChI is InChI=1S/C27H28N6O7/c1-15(36-3)32-24-22(26(34)33(27(32)35)16(2)37-4)29-23(30-24)17-6-12-20(13-7-17)39-14-21-28-25(40-31-21)18-8-10-19(38-5)11-9-18/h6-13,15-16H,14H2,1-5H3,(H,29,30). The van der Waals surface area contributed by atoms with Gasteiger partial charge in [-0.2, -0.15) is 4.98 Å². The molecule has 2 aromatic carbocycles. The fourth-order valence-corrected chi connectivity index (χ4v) is 4.12. The first kappa shape index (κ1) is 26.8. The van der Waals surface area contributed by atoms with Crippen molar-refractivity contribution in [2.24, 2.45) is 0 Å². The Kier molecular flexibility index (Phi) is 7.49. The summed E-state index contributed by atoms with van der Waals surface area (Å²) >= 11 is 0. The van der Waals surface area contributed by atoms with E-state index in [2.05, 4.69) is 20.1 Å². The molecule has 0 bridgehead atoms. The van der Waals surface area contributed by atoms with Gasteiger partial charge in [0.15, 0.2) is 17.8 Å². The average molecular weight is 549 g/mol. The number of aromatic nitrogens is 6. The number of methoxy groups -OCH3 is 3. The van der Waals surface area contributed by atoms with Crippen LogP contribution in [-0.2, 0) is 16.1 Å². The van der Waals surface area contributed by atoms with Crippen LogP contribution >= 0.6 is 0 Å². The van der Waals surface area contributed by atoms with Crippen LogP contribution in [0.4, 0.5) is 0 Å². The molecule has 1 N–H and O–H groups in total. The highest BCUT2D eigenvalue weighted by atomic mass is 16.5. The summed E-state index contributed by atoms with van der Waals surface area (Å²) in [5.74, 6) is 2.47. The van der Waals surface area contributed by atoms with Gasteiger partial charge in [0.05, 0.1) is 7.11 Å². The van der Waals surface area contributed by atoms with Crippen molar-refractivity contribution in [2.75, 3.05) is 21.3 Å². The molecule has 0 aliphatic heterocycles. The molecule has 0 saturated carbocycles. The van der Waals surface area contributed by atoms with Gasteiger partial charge in [0.1, 0.15) is 29.8 Å². The van der Waals surface area contributed by atoms with Crippen LogP contribution in [0.1, 0.15) is 32.1 Å². The fourth-order valence-electron chi connectivity index (χ4n) is 4.12. The quantitative estimate of drug-likeness (QED) is 0.275. The number of nitrogens with zero attached hydrogens (tertiary/aromatic N) is 5.